The van der Waals surface area contributed by atoms with Gasteiger partial charge >= 0.3 is 0 Å². The third-order valence-electron chi connectivity index (χ3n) is 15.8. The summed E-state index contributed by atoms with van der Waals surface area (Å²) in [4.78, 5) is 5.05. The molecule has 0 saturated heterocycles. The van der Waals surface area contributed by atoms with E-state index in [2.05, 4.69) is 258 Å². The minimum atomic E-state index is -0.147. The Hall–Kier alpha value is -7.68. The lowest BCUT2D eigenvalue weighted by molar-refractivity contribution is 0.660. The highest BCUT2D eigenvalue weighted by Crippen LogP contribution is 2.55. The van der Waals surface area contributed by atoms with Crippen molar-refractivity contribution in [2.75, 3.05) is 9.80 Å². The lowest BCUT2D eigenvalue weighted by Crippen LogP contribution is -2.18. The van der Waals surface area contributed by atoms with Crippen molar-refractivity contribution in [2.24, 2.45) is 0 Å². The molecule has 322 valence electrons. The van der Waals surface area contributed by atoms with Crippen molar-refractivity contribution in [1.29, 1.82) is 0 Å². The molecule has 10 aromatic rings. The molecule has 0 saturated carbocycles. The van der Waals surface area contributed by atoms with E-state index < -0.39 is 0 Å². The number of hydrogen-bond donors (Lipinski definition) is 0. The summed E-state index contributed by atoms with van der Waals surface area (Å²) in [5.41, 5.74) is 22.6. The van der Waals surface area contributed by atoms with E-state index in [1.807, 2.05) is 0 Å². The zero-order valence-corrected chi connectivity index (χ0v) is 39.0. The fraction of sp³-hybridized carbons (Fsp3) is 0.138. The Morgan fingerprint density at radius 3 is 1.03 bits per heavy atom. The lowest BCUT2D eigenvalue weighted by Gasteiger charge is -2.32. The highest BCUT2D eigenvalue weighted by molar-refractivity contribution is 6.09. The van der Waals surface area contributed by atoms with Gasteiger partial charge in [0, 0.05) is 49.5 Å². The normalized spacial score (nSPS) is 15.1. The number of fused-ring (bicyclic) bond motifs is 11. The van der Waals surface area contributed by atoms with Gasteiger partial charge in [0.25, 0.3) is 0 Å². The standard InChI is InChI=1S/C65H52N2/c1-63(2)54-26-12-9-21-46(54)49-35-32-42(38-57(49)63)66(43-33-36-50-47-22-10-13-27-55(47)64(3,4)58(50)39-43)61-30-16-25-53-52(61)24-17-31-62(53)67(60-29-15-19-41-18-7-8-20-45(41)60)44-34-37-51-48-23-11-14-28-56(48)65(5,6)59(51)40-44/h7-40H,1-6H3. The Bertz CT molecular complexity index is 3580. The first-order valence-corrected chi connectivity index (χ1v) is 23.8. The highest BCUT2D eigenvalue weighted by Gasteiger charge is 2.39. The predicted molar refractivity (Wildman–Crippen MR) is 284 cm³/mol. The second-order valence-electron chi connectivity index (χ2n) is 20.5. The summed E-state index contributed by atoms with van der Waals surface area (Å²) in [6.45, 7) is 14.3. The highest BCUT2D eigenvalue weighted by atomic mass is 15.2. The topological polar surface area (TPSA) is 6.48 Å². The van der Waals surface area contributed by atoms with Gasteiger partial charge in [-0.25, -0.2) is 0 Å². The second-order valence-corrected chi connectivity index (χ2v) is 20.5. The van der Waals surface area contributed by atoms with Crippen LogP contribution in [0.5, 0.6) is 0 Å². The van der Waals surface area contributed by atoms with Crippen LogP contribution in [-0.4, -0.2) is 0 Å². The van der Waals surface area contributed by atoms with Gasteiger partial charge in [0.1, 0.15) is 0 Å². The summed E-state index contributed by atoms with van der Waals surface area (Å²) in [5.74, 6) is 0. The molecule has 0 aliphatic heterocycles. The zero-order chi connectivity index (χ0) is 45.4. The van der Waals surface area contributed by atoms with Gasteiger partial charge < -0.3 is 9.80 Å². The number of rotatable bonds is 6. The molecular weight excluding hydrogens is 809 g/mol. The van der Waals surface area contributed by atoms with Crippen LogP contribution in [-0.2, 0) is 16.2 Å². The van der Waals surface area contributed by atoms with Crippen molar-refractivity contribution in [3.8, 4) is 33.4 Å². The molecule has 0 atom stereocenters. The molecule has 0 spiro atoms. The zero-order valence-electron chi connectivity index (χ0n) is 39.0. The van der Waals surface area contributed by atoms with Crippen LogP contribution in [0.2, 0.25) is 0 Å². The van der Waals surface area contributed by atoms with Crippen molar-refractivity contribution in [3.05, 3.63) is 240 Å². The summed E-state index contributed by atoms with van der Waals surface area (Å²) in [6, 6.07) is 77.7. The van der Waals surface area contributed by atoms with E-state index in [0.29, 0.717) is 0 Å². The van der Waals surface area contributed by atoms with Gasteiger partial charge in [0.05, 0.1) is 17.1 Å². The molecular formula is C65H52N2. The first-order chi connectivity index (χ1) is 32.5. The predicted octanol–water partition coefficient (Wildman–Crippen LogP) is 17.9. The monoisotopic (exact) mass is 860 g/mol. The van der Waals surface area contributed by atoms with Gasteiger partial charge in [0.15, 0.2) is 0 Å². The number of benzene rings is 10. The lowest BCUT2D eigenvalue weighted by atomic mass is 9.82. The summed E-state index contributed by atoms with van der Waals surface area (Å²) < 4.78 is 0. The van der Waals surface area contributed by atoms with Crippen molar-refractivity contribution < 1.29 is 0 Å². The fourth-order valence-corrected chi connectivity index (χ4v) is 12.4. The SMILES string of the molecule is CC1(C)c2ccccc2-c2ccc(N(c3ccc4c(c3)C(C)(C)c3ccccc3-4)c3cccc4c(N(c5ccc6c(c5)C(C)(C)c5ccccc5-6)c5cccc6ccccc56)cccc34)cc21. The van der Waals surface area contributed by atoms with Crippen LogP contribution in [0.3, 0.4) is 0 Å². The minimum absolute atomic E-state index is 0.142. The Morgan fingerprint density at radius 1 is 0.254 bits per heavy atom. The van der Waals surface area contributed by atoms with E-state index in [9.17, 15) is 0 Å². The third kappa shape index (κ3) is 5.63. The van der Waals surface area contributed by atoms with Crippen LogP contribution in [0.25, 0.3) is 54.9 Å². The number of hydrogen-bond acceptors (Lipinski definition) is 2. The largest absolute Gasteiger partial charge is 0.310 e. The van der Waals surface area contributed by atoms with Crippen molar-refractivity contribution in [1.82, 2.24) is 0 Å². The molecule has 13 rings (SSSR count). The maximum absolute atomic E-state index is 2.53. The smallest absolute Gasteiger partial charge is 0.0541 e. The van der Waals surface area contributed by atoms with E-state index in [0.717, 1.165) is 34.1 Å². The first-order valence-electron chi connectivity index (χ1n) is 23.8. The molecule has 0 aromatic heterocycles. The van der Waals surface area contributed by atoms with Gasteiger partial charge in [-0.2, -0.15) is 0 Å². The van der Waals surface area contributed by atoms with E-state index in [-0.39, 0.29) is 16.2 Å². The van der Waals surface area contributed by atoms with Crippen LogP contribution in [0, 0.1) is 0 Å². The third-order valence-corrected chi connectivity index (χ3v) is 15.8. The number of nitrogens with zero attached hydrogens (tertiary/aromatic N) is 2. The van der Waals surface area contributed by atoms with Gasteiger partial charge in [-0.05, 0) is 127 Å². The summed E-state index contributed by atoms with van der Waals surface area (Å²) in [6.07, 6.45) is 0. The molecule has 0 radical (unpaired) electrons. The van der Waals surface area contributed by atoms with E-state index in [4.69, 9.17) is 0 Å². The molecule has 0 unspecified atom stereocenters. The summed E-state index contributed by atoms with van der Waals surface area (Å²) in [5, 5.41) is 4.80. The summed E-state index contributed by atoms with van der Waals surface area (Å²) in [7, 11) is 0. The second kappa shape index (κ2) is 14.2. The van der Waals surface area contributed by atoms with Crippen molar-refractivity contribution in [2.45, 2.75) is 57.8 Å². The molecule has 0 heterocycles. The Labute approximate surface area is 394 Å². The molecule has 0 amide bonds. The fourth-order valence-electron chi connectivity index (χ4n) is 12.4. The van der Waals surface area contributed by atoms with E-state index in [1.54, 1.807) is 0 Å². The molecule has 0 fully saturated rings. The Kier molecular flexibility index (Phi) is 8.38. The van der Waals surface area contributed by atoms with Gasteiger partial charge in [-0.15, -0.1) is 0 Å². The van der Waals surface area contributed by atoms with Crippen LogP contribution < -0.4 is 9.80 Å². The van der Waals surface area contributed by atoms with Gasteiger partial charge in [-0.3, -0.25) is 0 Å². The van der Waals surface area contributed by atoms with Gasteiger partial charge in [0.2, 0.25) is 0 Å². The van der Waals surface area contributed by atoms with Crippen LogP contribution in [0.1, 0.15) is 74.9 Å². The Balaban J connectivity index is 1.05. The molecule has 2 nitrogen and oxygen atoms in total. The van der Waals surface area contributed by atoms with Crippen LogP contribution in [0.4, 0.5) is 34.1 Å². The molecule has 0 N–H and O–H groups in total. The Morgan fingerprint density at radius 2 is 0.567 bits per heavy atom. The van der Waals surface area contributed by atoms with Gasteiger partial charge in [-0.1, -0.05) is 193 Å². The van der Waals surface area contributed by atoms with E-state index >= 15 is 0 Å². The maximum atomic E-state index is 2.53. The average Bonchev–Trinajstić information content (AvgIpc) is 3.83. The molecule has 3 aliphatic carbocycles. The van der Waals surface area contributed by atoms with E-state index in [1.165, 1.54) is 88.3 Å². The average molecular weight is 861 g/mol. The molecule has 0 bridgehead atoms. The molecule has 10 aromatic carbocycles. The molecule has 3 aliphatic rings. The summed E-state index contributed by atoms with van der Waals surface area (Å²) >= 11 is 0. The minimum Gasteiger partial charge on any atom is -0.310 e. The van der Waals surface area contributed by atoms with Crippen LogP contribution in [0.15, 0.2) is 206 Å². The molecule has 67 heavy (non-hydrogen) atoms. The van der Waals surface area contributed by atoms with Crippen molar-refractivity contribution >= 4 is 55.7 Å². The first kappa shape index (κ1) is 39.7. The number of anilines is 6. The molecule has 2 heteroatoms. The quantitative estimate of drug-likeness (QED) is 0.164. The van der Waals surface area contributed by atoms with Crippen molar-refractivity contribution in [3.63, 3.8) is 0 Å². The van der Waals surface area contributed by atoms with Crippen LogP contribution >= 0.6 is 0 Å². The maximum Gasteiger partial charge on any atom is 0.0541 e.